The summed E-state index contributed by atoms with van der Waals surface area (Å²) in [5.74, 6) is 2.89. The second kappa shape index (κ2) is 9.95. The van der Waals surface area contributed by atoms with Gasteiger partial charge in [-0.3, -0.25) is 0 Å². The molecule has 0 amide bonds. The number of para-hydroxylation sites is 1. The van der Waals surface area contributed by atoms with Crippen LogP contribution in [0.25, 0.3) is 0 Å². The molecule has 0 fully saturated rings. The third-order valence-corrected chi connectivity index (χ3v) is 4.43. The van der Waals surface area contributed by atoms with Gasteiger partial charge in [0.05, 0.1) is 19.3 Å². The highest BCUT2D eigenvalue weighted by Crippen LogP contribution is 2.29. The monoisotopic (exact) mass is 376 g/mol. The molecule has 0 N–H and O–H groups in total. The van der Waals surface area contributed by atoms with Crippen molar-refractivity contribution < 1.29 is 14.2 Å². The lowest BCUT2D eigenvalue weighted by atomic mass is 9.99. The zero-order chi connectivity index (χ0) is 19.8. The Balaban J connectivity index is 1.66. The van der Waals surface area contributed by atoms with Gasteiger partial charge < -0.3 is 14.2 Å². The molecule has 3 rings (SSSR count). The van der Waals surface area contributed by atoms with Crippen LogP contribution in [0.2, 0.25) is 0 Å². The van der Waals surface area contributed by atoms with Crippen LogP contribution >= 0.6 is 0 Å². The summed E-state index contributed by atoms with van der Waals surface area (Å²) in [6.45, 7) is 7.54. The molecule has 1 atom stereocenters. The Morgan fingerprint density at radius 3 is 2.14 bits per heavy atom. The molecule has 0 bridgehead atoms. The van der Waals surface area contributed by atoms with Crippen molar-refractivity contribution in [1.29, 1.82) is 0 Å². The van der Waals surface area contributed by atoms with E-state index >= 15 is 0 Å². The minimum absolute atomic E-state index is 0.0226. The minimum atomic E-state index is 0.0226. The number of hydrogen-bond donors (Lipinski definition) is 0. The summed E-state index contributed by atoms with van der Waals surface area (Å²) < 4.78 is 17.7. The van der Waals surface area contributed by atoms with E-state index < -0.39 is 0 Å². The first-order valence-electron chi connectivity index (χ1n) is 9.82. The van der Waals surface area contributed by atoms with Crippen LogP contribution in [0, 0.1) is 5.92 Å². The summed E-state index contributed by atoms with van der Waals surface area (Å²) in [5, 5.41) is 0. The number of rotatable bonds is 9. The standard InChI is InChI=1S/C25H28O3/c1-4-26-22-15-13-21(14-16-22)25(19(2)3)27-18-20-9-8-12-24(17-20)28-23-10-6-5-7-11-23/h5-17,19,25H,4,18H2,1-3H3. The highest BCUT2D eigenvalue weighted by atomic mass is 16.5. The number of ether oxygens (including phenoxy) is 3. The van der Waals surface area contributed by atoms with Crippen molar-refractivity contribution in [2.75, 3.05) is 6.61 Å². The van der Waals surface area contributed by atoms with Crippen LogP contribution in [-0.2, 0) is 11.3 Å². The third-order valence-electron chi connectivity index (χ3n) is 4.43. The molecule has 3 nitrogen and oxygen atoms in total. The summed E-state index contributed by atoms with van der Waals surface area (Å²) in [7, 11) is 0. The van der Waals surface area contributed by atoms with Crippen LogP contribution in [0.1, 0.15) is 38.0 Å². The summed E-state index contributed by atoms with van der Waals surface area (Å²) in [6.07, 6.45) is 0.0226. The fraction of sp³-hybridized carbons (Fsp3) is 0.280. The van der Waals surface area contributed by atoms with E-state index in [9.17, 15) is 0 Å². The first-order chi connectivity index (χ1) is 13.7. The van der Waals surface area contributed by atoms with Crippen molar-refractivity contribution in [3.63, 3.8) is 0 Å². The topological polar surface area (TPSA) is 27.7 Å². The van der Waals surface area contributed by atoms with Crippen LogP contribution in [0.4, 0.5) is 0 Å². The van der Waals surface area contributed by atoms with E-state index in [-0.39, 0.29) is 6.10 Å². The predicted octanol–water partition coefficient (Wildman–Crippen LogP) is 6.79. The Morgan fingerprint density at radius 1 is 0.750 bits per heavy atom. The lowest BCUT2D eigenvalue weighted by molar-refractivity contribution is 0.00891. The minimum Gasteiger partial charge on any atom is -0.494 e. The molecule has 146 valence electrons. The first-order valence-corrected chi connectivity index (χ1v) is 9.82. The Morgan fingerprint density at radius 2 is 1.46 bits per heavy atom. The van der Waals surface area contributed by atoms with Gasteiger partial charge in [-0.25, -0.2) is 0 Å². The summed E-state index contributed by atoms with van der Waals surface area (Å²) in [4.78, 5) is 0. The van der Waals surface area contributed by atoms with E-state index in [0.29, 0.717) is 19.1 Å². The fourth-order valence-electron chi connectivity index (χ4n) is 3.10. The SMILES string of the molecule is CCOc1ccc(C(OCc2cccc(Oc3ccccc3)c2)C(C)C)cc1. The lowest BCUT2D eigenvalue weighted by Crippen LogP contribution is -2.11. The maximum atomic E-state index is 6.28. The van der Waals surface area contributed by atoms with Crippen molar-refractivity contribution in [1.82, 2.24) is 0 Å². The molecule has 0 aliphatic carbocycles. The van der Waals surface area contributed by atoms with Crippen LogP contribution < -0.4 is 9.47 Å². The summed E-state index contributed by atoms with van der Waals surface area (Å²) >= 11 is 0. The highest BCUT2D eigenvalue weighted by molar-refractivity contribution is 5.34. The van der Waals surface area contributed by atoms with Crippen molar-refractivity contribution in [3.8, 4) is 17.2 Å². The second-order valence-corrected chi connectivity index (χ2v) is 7.04. The highest BCUT2D eigenvalue weighted by Gasteiger charge is 2.17. The molecule has 0 heterocycles. The maximum Gasteiger partial charge on any atom is 0.127 e. The van der Waals surface area contributed by atoms with Gasteiger partial charge in [-0.15, -0.1) is 0 Å². The molecular weight excluding hydrogens is 348 g/mol. The van der Waals surface area contributed by atoms with Gasteiger partial charge in [0.2, 0.25) is 0 Å². The lowest BCUT2D eigenvalue weighted by Gasteiger charge is -2.22. The van der Waals surface area contributed by atoms with Gasteiger partial charge in [0.1, 0.15) is 17.2 Å². The zero-order valence-corrected chi connectivity index (χ0v) is 16.8. The van der Waals surface area contributed by atoms with Crippen molar-refractivity contribution in [3.05, 3.63) is 90.0 Å². The van der Waals surface area contributed by atoms with Crippen molar-refractivity contribution in [2.24, 2.45) is 5.92 Å². The molecule has 3 heteroatoms. The zero-order valence-electron chi connectivity index (χ0n) is 16.8. The quantitative estimate of drug-likeness (QED) is 0.411. The average Bonchev–Trinajstić information content (AvgIpc) is 2.70. The van der Waals surface area contributed by atoms with Gasteiger partial charge in [-0.05, 0) is 60.4 Å². The van der Waals surface area contributed by atoms with E-state index in [1.54, 1.807) is 0 Å². The van der Waals surface area contributed by atoms with E-state index in [1.165, 1.54) is 0 Å². The summed E-state index contributed by atoms with van der Waals surface area (Å²) in [6, 6.07) is 26.0. The van der Waals surface area contributed by atoms with E-state index in [0.717, 1.165) is 28.4 Å². The van der Waals surface area contributed by atoms with Crippen molar-refractivity contribution in [2.45, 2.75) is 33.5 Å². The van der Waals surface area contributed by atoms with Gasteiger partial charge in [0.25, 0.3) is 0 Å². The average molecular weight is 376 g/mol. The number of hydrogen-bond acceptors (Lipinski definition) is 3. The molecule has 3 aromatic rings. The first kappa shape index (κ1) is 20.0. The normalized spacial score (nSPS) is 12.0. The molecule has 0 radical (unpaired) electrons. The van der Waals surface area contributed by atoms with Crippen LogP contribution in [0.5, 0.6) is 17.2 Å². The molecule has 0 saturated heterocycles. The van der Waals surface area contributed by atoms with Crippen LogP contribution in [0.3, 0.4) is 0 Å². The van der Waals surface area contributed by atoms with E-state index in [4.69, 9.17) is 14.2 Å². The van der Waals surface area contributed by atoms with E-state index in [1.807, 2.05) is 67.6 Å². The molecule has 28 heavy (non-hydrogen) atoms. The van der Waals surface area contributed by atoms with Crippen molar-refractivity contribution >= 4 is 0 Å². The van der Waals surface area contributed by atoms with Crippen LogP contribution in [0.15, 0.2) is 78.9 Å². The molecule has 0 spiro atoms. The fourth-order valence-corrected chi connectivity index (χ4v) is 3.10. The predicted molar refractivity (Wildman–Crippen MR) is 113 cm³/mol. The van der Waals surface area contributed by atoms with Gasteiger partial charge in [-0.1, -0.05) is 56.3 Å². The largest absolute Gasteiger partial charge is 0.494 e. The molecule has 0 saturated carbocycles. The maximum absolute atomic E-state index is 6.28. The second-order valence-electron chi connectivity index (χ2n) is 7.04. The third kappa shape index (κ3) is 5.61. The van der Waals surface area contributed by atoms with Gasteiger partial charge in [0, 0.05) is 0 Å². The smallest absolute Gasteiger partial charge is 0.127 e. The number of benzene rings is 3. The van der Waals surface area contributed by atoms with E-state index in [2.05, 4.69) is 32.0 Å². The molecule has 0 aromatic heterocycles. The Hall–Kier alpha value is -2.78. The summed E-state index contributed by atoms with van der Waals surface area (Å²) in [5.41, 5.74) is 2.25. The van der Waals surface area contributed by atoms with Gasteiger partial charge in [0.15, 0.2) is 0 Å². The molecule has 1 unspecified atom stereocenters. The molecular formula is C25H28O3. The Bertz CT molecular complexity index is 841. The molecule has 0 aliphatic rings. The Labute approximate surface area is 167 Å². The molecule has 0 aliphatic heterocycles. The van der Waals surface area contributed by atoms with Gasteiger partial charge >= 0.3 is 0 Å². The van der Waals surface area contributed by atoms with Crippen LogP contribution in [-0.4, -0.2) is 6.61 Å². The molecule has 3 aromatic carbocycles. The van der Waals surface area contributed by atoms with Gasteiger partial charge in [-0.2, -0.15) is 0 Å². The Kier molecular flexibility index (Phi) is 7.10.